The molecule has 0 fully saturated rings. The molecule has 1 aromatic carbocycles. The van der Waals surface area contributed by atoms with Crippen LogP contribution in [0.4, 0.5) is 9.59 Å². The van der Waals surface area contributed by atoms with Crippen LogP contribution in [-0.2, 0) is 70.4 Å². The van der Waals surface area contributed by atoms with Gasteiger partial charge in [-0.25, -0.2) is 14.4 Å². The number of carboxylic acids is 5. The number of nitrogens with two attached hydrogens (primary N) is 1. The van der Waals surface area contributed by atoms with E-state index in [4.69, 9.17) is 20.8 Å². The topological polar surface area (TPSA) is 418 Å². The van der Waals surface area contributed by atoms with Crippen LogP contribution in [0.3, 0.4) is 0 Å². The number of benzene rings is 1. The number of rotatable bonds is 35. The van der Waals surface area contributed by atoms with Crippen LogP contribution in [0.2, 0.25) is 1.41 Å². The van der Waals surface area contributed by atoms with Crippen molar-refractivity contribution in [2.75, 3.05) is 37.7 Å². The van der Waals surface area contributed by atoms with Gasteiger partial charge in [-0.2, -0.15) is 9.59 Å². The number of carboxylic acid groups (broad SMARTS) is 5. The smallest absolute Gasteiger partial charge is 0.373 e. The van der Waals surface area contributed by atoms with E-state index in [-0.39, 0.29) is 76.1 Å². The molecule has 0 heterocycles. The second kappa shape index (κ2) is 34.8. The summed E-state index contributed by atoms with van der Waals surface area (Å²) in [5, 5.41) is 58.8. The van der Waals surface area contributed by atoms with E-state index in [0.29, 0.717) is 24.0 Å². The van der Waals surface area contributed by atoms with Gasteiger partial charge >= 0.3 is 54.0 Å². The maximum absolute atomic E-state index is 13.3. The number of esters is 1. The maximum atomic E-state index is 13.3. The number of ether oxygens (including phenoxy) is 1. The molecule has 0 saturated carbocycles. The quantitative estimate of drug-likeness (QED) is 0.0238. The number of amides is 5. The molecule has 0 aliphatic heterocycles. The van der Waals surface area contributed by atoms with Crippen LogP contribution in [0, 0.1) is 11.8 Å². The fraction of sp³-hybridized carbons (Fsp3) is 0.538. The van der Waals surface area contributed by atoms with Crippen molar-refractivity contribution in [3.05, 3.63) is 35.4 Å². The van der Waals surface area contributed by atoms with Crippen LogP contribution in [0.15, 0.2) is 24.3 Å². The molecule has 27 heteroatoms. The minimum Gasteiger partial charge on any atom is -0.481 e. The summed E-state index contributed by atoms with van der Waals surface area (Å²) in [5.74, 6) is -12.4. The Hall–Kier alpha value is -6.57. The first kappa shape index (κ1) is 57.4. The molecule has 0 radical (unpaired) electrons. The monoisotopic (exact) mass is 975 g/mol. The lowest BCUT2D eigenvalue weighted by Crippen LogP contribution is -2.46. The molecule has 4 atom stereocenters. The summed E-state index contributed by atoms with van der Waals surface area (Å²) >= 11 is 0. The van der Waals surface area contributed by atoms with Crippen molar-refractivity contribution in [1.29, 1.82) is 0 Å². The zero-order valence-electron chi connectivity index (χ0n) is 36.4. The summed E-state index contributed by atoms with van der Waals surface area (Å²) in [5.41, 5.74) is 2.95. The molecular formula is C39H54N6O19S2. The Balaban J connectivity index is 0.0000141. The van der Waals surface area contributed by atoms with Gasteiger partial charge in [-0.15, -0.1) is 0 Å². The summed E-state index contributed by atoms with van der Waals surface area (Å²) in [6.45, 7) is -0.00511. The van der Waals surface area contributed by atoms with Crippen molar-refractivity contribution in [3.8, 4) is 0 Å². The van der Waals surface area contributed by atoms with Crippen molar-refractivity contribution in [2.24, 2.45) is 17.6 Å². The molecule has 0 bridgehead atoms. The Morgan fingerprint density at radius 2 is 1.27 bits per heavy atom. The average Bonchev–Trinajstić information content (AvgIpc) is 3.24. The molecule has 0 aromatic heterocycles. The van der Waals surface area contributed by atoms with Gasteiger partial charge in [0.15, 0.2) is 5.78 Å². The van der Waals surface area contributed by atoms with E-state index in [1.165, 1.54) is 0 Å². The molecule has 1 rings (SSSR count). The Morgan fingerprint density at radius 1 is 0.667 bits per heavy atom. The Labute approximate surface area is 386 Å². The van der Waals surface area contributed by atoms with E-state index in [1.807, 2.05) is 5.73 Å². The molecule has 0 spiro atoms. The zero-order valence-corrected chi connectivity index (χ0v) is 37.0. The number of nitrogens with one attached hydrogen (secondary N) is 5. The lowest BCUT2D eigenvalue weighted by molar-refractivity contribution is -0.192. The van der Waals surface area contributed by atoms with E-state index in [0.717, 1.165) is 21.6 Å². The second-order valence-corrected chi connectivity index (χ2v) is 16.5. The third kappa shape index (κ3) is 29.7. The third-order valence-electron chi connectivity index (χ3n) is 8.65. The number of hydrogen-bond donors (Lipinski definition) is 11. The number of Topliss-reactive ketones (excluding diaryl/α,β-unsaturated/α-hetero) is 2. The van der Waals surface area contributed by atoms with Crippen molar-refractivity contribution >= 4 is 93.1 Å². The maximum Gasteiger partial charge on any atom is 0.373 e. The third-order valence-corrected chi connectivity index (χ3v) is 11.1. The van der Waals surface area contributed by atoms with E-state index in [1.54, 1.807) is 24.3 Å². The fourth-order valence-corrected chi connectivity index (χ4v) is 7.54. The van der Waals surface area contributed by atoms with Gasteiger partial charge in [-0.1, -0.05) is 45.9 Å². The molecule has 5 amide bonds. The van der Waals surface area contributed by atoms with Crippen molar-refractivity contribution in [2.45, 2.75) is 82.8 Å². The summed E-state index contributed by atoms with van der Waals surface area (Å²) in [6, 6.07) is 2.20. The number of unbranched alkanes of at least 4 members (excludes halogenated alkanes) is 1. The zero-order chi connectivity index (χ0) is 50.7. The first-order valence-electron chi connectivity index (χ1n) is 20.4. The standard InChI is InChI=1S/C38H54N6O17S2.CO2/c39-19-34(54)61-12-13-62-63-21-25(35(55)56)16-28(45)24(17-32(50)51)15-29(46)27(18-33(52)53)43-30(47)14-22-6-8-23(9-7-22)20-42-37(59)40-10-2-1-4-26(36(57)58)44-38(60)41-11-3-5-31(48)49;2-1-3/h6-9,24-27H,1-5,10-21,39H2,(H,43,47)(H,48,49)(H,50,51)(H,52,53)(H,55,56)(H,57,58)(H2,40,42,59)(H2,41,44,60);/t24-,25-,26-,27-;/m0./s1/i/hD. The summed E-state index contributed by atoms with van der Waals surface area (Å²) in [7, 11) is 2.21. The van der Waals surface area contributed by atoms with Gasteiger partial charge in [0.05, 0.1) is 37.8 Å². The van der Waals surface area contributed by atoms with Crippen LogP contribution in [-0.4, -0.2) is 147 Å². The highest BCUT2D eigenvalue weighted by atomic mass is 33.1. The van der Waals surface area contributed by atoms with Crippen LogP contribution in [0.5, 0.6) is 0 Å². The highest BCUT2D eigenvalue weighted by Crippen LogP contribution is 2.27. The largest absolute Gasteiger partial charge is 0.481 e. The van der Waals surface area contributed by atoms with Crippen LogP contribution in [0.25, 0.3) is 0 Å². The lowest BCUT2D eigenvalue weighted by atomic mass is 9.87. The first-order valence-corrected chi connectivity index (χ1v) is 22.3. The molecule has 66 heavy (non-hydrogen) atoms. The van der Waals surface area contributed by atoms with Crippen molar-refractivity contribution in [3.63, 3.8) is 0 Å². The highest BCUT2D eigenvalue weighted by Gasteiger charge is 2.33. The number of carbonyl (C=O) groups is 11. The SMILES string of the molecule is O=C=O.[2H]NCC(=O)OCCSSC[C@H](CC(=O)[C@H](CC(=O)O)CC(=O)[C@H](CC(=O)O)NC(=O)Cc1ccc(CNC(=O)NCCCC[C@H](NC(=O)NCCCC(=O)O)C(=O)O)cc1)C(=O)O. The van der Waals surface area contributed by atoms with E-state index >= 15 is 0 Å². The molecule has 0 unspecified atom stereocenters. The van der Waals surface area contributed by atoms with Gasteiger partial charge in [0.1, 0.15) is 19.8 Å². The highest BCUT2D eigenvalue weighted by molar-refractivity contribution is 8.76. The predicted molar refractivity (Wildman–Crippen MR) is 229 cm³/mol. The normalized spacial score (nSPS) is 12.3. The Morgan fingerprint density at radius 3 is 1.86 bits per heavy atom. The Kier molecular flexibility index (Phi) is 30.3. The minimum absolute atomic E-state index is 0.0162. The van der Waals surface area contributed by atoms with Crippen molar-refractivity contribution < 1.29 is 94.0 Å². The van der Waals surface area contributed by atoms with Gasteiger partial charge in [0.25, 0.3) is 0 Å². The van der Waals surface area contributed by atoms with Crippen molar-refractivity contribution in [1.82, 2.24) is 26.6 Å². The number of aliphatic carboxylic acids is 5. The molecule has 12 N–H and O–H groups in total. The predicted octanol–water partition coefficient (Wildman–Crippen LogP) is -0.215. The summed E-state index contributed by atoms with van der Waals surface area (Å²) in [4.78, 5) is 148. The summed E-state index contributed by atoms with van der Waals surface area (Å²) < 4.78 is 11.6. The molecule has 1 aromatic rings. The van der Waals surface area contributed by atoms with Gasteiger partial charge in [-0.05, 0) is 36.8 Å². The van der Waals surface area contributed by atoms with E-state index < -0.39 is 115 Å². The molecule has 366 valence electrons. The van der Waals surface area contributed by atoms with E-state index in [2.05, 4.69) is 26.6 Å². The molecular weight excluding hydrogens is 921 g/mol. The van der Waals surface area contributed by atoms with Gasteiger partial charge in [0.2, 0.25) is 5.91 Å². The number of urea groups is 2. The molecule has 0 aliphatic rings. The molecule has 0 aliphatic carbocycles. The van der Waals surface area contributed by atoms with Gasteiger partial charge in [-0.3, -0.25) is 38.4 Å². The molecule has 0 saturated heterocycles. The second-order valence-electron chi connectivity index (χ2n) is 13.9. The van der Waals surface area contributed by atoms with Crippen LogP contribution >= 0.6 is 21.6 Å². The average molecular weight is 976 g/mol. The van der Waals surface area contributed by atoms with E-state index in [9.17, 15) is 73.2 Å². The Bertz CT molecular complexity index is 1870. The minimum atomic E-state index is -1.64. The lowest BCUT2D eigenvalue weighted by Gasteiger charge is -2.20. The number of ketones is 2. The van der Waals surface area contributed by atoms with Gasteiger partial charge in [0, 0.05) is 56.3 Å². The van der Waals surface area contributed by atoms with Gasteiger partial charge < -0.3 is 62.6 Å². The van der Waals surface area contributed by atoms with Crippen LogP contribution < -0.4 is 32.3 Å². The first-order chi connectivity index (χ1) is 31.7. The summed E-state index contributed by atoms with van der Waals surface area (Å²) in [6.07, 6.45) is -2.39. The number of hydrogen-bond acceptors (Lipinski definition) is 17. The molecule has 25 nitrogen and oxygen atoms in total. The number of carbonyl (C=O) groups excluding carboxylic acids is 8. The van der Waals surface area contributed by atoms with Crippen LogP contribution in [0.1, 0.15) is 68.9 Å². The fourth-order valence-electron chi connectivity index (χ4n) is 5.41.